The smallest absolute Gasteiger partial charge is 0.343 e. The Morgan fingerprint density at radius 2 is 0.377 bits per heavy atom. The zero-order chi connectivity index (χ0) is 92.9. The zero-order valence-electron chi connectivity index (χ0n) is 72.4. The third-order valence-corrected chi connectivity index (χ3v) is 18.8. The van der Waals surface area contributed by atoms with Gasteiger partial charge in [-0.15, -0.1) is 0 Å². The van der Waals surface area contributed by atoms with E-state index in [1.165, 1.54) is 97.1 Å². The monoisotopic (exact) mass is 1780 g/mol. The lowest BCUT2D eigenvalue weighted by Crippen LogP contribution is -2.11. The molecule has 0 aliphatic heterocycles. The van der Waals surface area contributed by atoms with Crippen LogP contribution in [0.15, 0.2) is 263 Å². The molecule has 130 heavy (non-hydrogen) atoms. The molecule has 0 aliphatic carbocycles. The second-order valence-electron chi connectivity index (χ2n) is 28.6. The van der Waals surface area contributed by atoms with Crippen molar-refractivity contribution in [1.82, 2.24) is 0 Å². The largest absolute Gasteiger partial charge is 0.494 e. The van der Waals surface area contributed by atoms with Crippen LogP contribution in [0, 0.1) is 6.92 Å². The van der Waals surface area contributed by atoms with Crippen molar-refractivity contribution in [3.8, 4) is 57.5 Å². The molecule has 0 fully saturated rings. The van der Waals surface area contributed by atoms with Crippen molar-refractivity contribution < 1.29 is 133 Å². The molecule has 0 bridgehead atoms. The van der Waals surface area contributed by atoms with Crippen molar-refractivity contribution in [3.63, 3.8) is 0 Å². The molecule has 680 valence electrons. The quantitative estimate of drug-likeness (QED) is 0.0112. The van der Waals surface area contributed by atoms with E-state index in [4.69, 9.17) is 75.8 Å². The van der Waals surface area contributed by atoms with E-state index >= 15 is 0 Å². The first kappa shape index (κ1) is 100. The van der Waals surface area contributed by atoms with Crippen LogP contribution >= 0.6 is 0 Å². The summed E-state index contributed by atoms with van der Waals surface area (Å²) in [6.07, 6.45) is 18.3. The molecule has 0 unspecified atom stereocenters. The van der Waals surface area contributed by atoms with Crippen molar-refractivity contribution in [2.24, 2.45) is 0 Å². The molecule has 28 nitrogen and oxygen atoms in total. The van der Waals surface area contributed by atoms with Crippen molar-refractivity contribution >= 4 is 71.6 Å². The summed E-state index contributed by atoms with van der Waals surface area (Å²) in [5, 5.41) is 0. The van der Waals surface area contributed by atoms with Crippen LogP contribution in [0.25, 0.3) is 0 Å². The first-order valence-corrected chi connectivity index (χ1v) is 42.4. The fourth-order valence-electron chi connectivity index (χ4n) is 11.6. The summed E-state index contributed by atoms with van der Waals surface area (Å²) in [6, 6.07) is 54.8. The third-order valence-electron chi connectivity index (χ3n) is 18.8. The Balaban J connectivity index is 0.000000389. The number of aryl methyl sites for hydroxylation is 1. The van der Waals surface area contributed by atoms with E-state index in [1.807, 2.05) is 0 Å². The lowest BCUT2D eigenvalue weighted by molar-refractivity contribution is -0.138. The minimum atomic E-state index is -0.636. The number of carbonyl (C=O) groups is 12. The predicted octanol–water partition coefficient (Wildman–Crippen LogP) is 19.1. The molecule has 0 aromatic heterocycles. The summed E-state index contributed by atoms with van der Waals surface area (Å²) in [5.74, 6) is -2.40. The molecule has 0 spiro atoms. The van der Waals surface area contributed by atoms with Gasteiger partial charge in [-0.1, -0.05) is 71.3 Å². The predicted molar refractivity (Wildman–Crippen MR) is 478 cm³/mol. The number of esters is 12. The highest BCUT2D eigenvalue weighted by Crippen LogP contribution is 2.28. The number of ether oxygens (including phenoxy) is 16. The molecule has 9 aromatic carbocycles. The van der Waals surface area contributed by atoms with E-state index in [0.29, 0.717) is 164 Å². The zero-order valence-corrected chi connectivity index (χ0v) is 72.4. The van der Waals surface area contributed by atoms with Crippen molar-refractivity contribution in [1.29, 1.82) is 0 Å². The normalized spacial score (nSPS) is 10.4. The molecule has 0 atom stereocenters. The molecule has 28 heteroatoms. The van der Waals surface area contributed by atoms with Crippen LogP contribution in [-0.4, -0.2) is 138 Å². The molecule has 0 saturated carbocycles. The second kappa shape index (κ2) is 56.7. The number of carbonyl (C=O) groups excluding carboxylic acids is 12. The average Bonchev–Trinajstić information content (AvgIpc) is 0.824. The molecular weight excluding hydrogens is 1670 g/mol. The van der Waals surface area contributed by atoms with Crippen LogP contribution in [0.2, 0.25) is 0 Å². The van der Waals surface area contributed by atoms with Gasteiger partial charge in [0, 0.05) is 24.3 Å². The number of hydrogen-bond acceptors (Lipinski definition) is 28. The van der Waals surface area contributed by atoms with Crippen LogP contribution in [0.5, 0.6) is 57.5 Å². The molecule has 0 radical (unpaired) electrons. The van der Waals surface area contributed by atoms with Gasteiger partial charge in [-0.25, -0.2) is 57.5 Å². The molecule has 0 amide bonds. The van der Waals surface area contributed by atoms with Gasteiger partial charge in [0.15, 0.2) is 0 Å². The van der Waals surface area contributed by atoms with E-state index in [2.05, 4.69) is 26.3 Å². The number of unbranched alkanes of at least 4 members (excludes halogenated alkanes) is 12. The van der Waals surface area contributed by atoms with Crippen LogP contribution in [-0.2, 0) is 47.6 Å². The highest BCUT2D eigenvalue weighted by atomic mass is 16.6. The summed E-state index contributed by atoms with van der Waals surface area (Å²) >= 11 is 0. The Kier molecular flexibility index (Phi) is 43.7. The van der Waals surface area contributed by atoms with Gasteiger partial charge in [-0.05, 0) is 289 Å². The summed E-state index contributed by atoms with van der Waals surface area (Å²) in [5.41, 5.74) is 3.01. The first-order valence-electron chi connectivity index (χ1n) is 42.4. The Bertz CT molecular complexity index is 4980. The average molecular weight is 1780 g/mol. The van der Waals surface area contributed by atoms with E-state index in [0.717, 1.165) is 82.1 Å². The fraction of sp³-hybridized carbons (Fsp3) is 0.275. The molecule has 9 rings (SSSR count). The summed E-state index contributed by atoms with van der Waals surface area (Å²) in [4.78, 5) is 146. The topological polar surface area (TPSA) is 353 Å². The lowest BCUT2D eigenvalue weighted by Gasteiger charge is -2.11. The number of hydrogen-bond donors (Lipinski definition) is 0. The summed E-state index contributed by atoms with van der Waals surface area (Å²) in [7, 11) is 0. The van der Waals surface area contributed by atoms with Crippen LogP contribution in [0.4, 0.5) is 0 Å². The lowest BCUT2D eigenvalue weighted by atomic mass is 10.1. The van der Waals surface area contributed by atoms with Crippen molar-refractivity contribution in [2.45, 2.75) is 116 Å². The van der Waals surface area contributed by atoms with E-state index in [9.17, 15) is 57.5 Å². The Labute approximate surface area is 753 Å². The summed E-state index contributed by atoms with van der Waals surface area (Å²) in [6.45, 7) is 18.5. The number of benzene rings is 9. The molecule has 0 saturated heterocycles. The fourth-order valence-corrected chi connectivity index (χ4v) is 11.6. The van der Waals surface area contributed by atoms with E-state index in [1.54, 1.807) is 122 Å². The van der Waals surface area contributed by atoms with Gasteiger partial charge in [0.1, 0.15) is 57.5 Å². The minimum absolute atomic E-state index is 0.226. The van der Waals surface area contributed by atoms with Crippen LogP contribution < -0.4 is 47.4 Å². The van der Waals surface area contributed by atoms with Gasteiger partial charge in [0.25, 0.3) is 0 Å². The maximum absolute atomic E-state index is 12.8. The molecule has 0 aliphatic rings. The SMILES string of the molecule is C=CC(=O)OCCCCOc1ccc(C(=O)Oc2ccc(C(=O)Oc3ccc(C(=O)OCCCCCCCCCCCOC(=O)c4ccc(OC(=O)c5ccc(OC(=O)c6ccc(OCCCCOC(=O)C=C)cc6)cc5)cc4)cc3)cc2)cc1.C=CC(=O)OCCCCOc1ccc(C(=O)Oc2ccc(OC(=O)c3ccc(OCCCCOC(=O)C=C)cc3)c(C)c2)cc1. The minimum Gasteiger partial charge on any atom is -0.494 e. The standard InChI is InChI=1S/C67H68O18.C35H36O10/c1-3-60(68)78-44-16-14-42-76-54-30-18-50(19-31-54)64(72)84-58-38-26-52(27-39-58)66(74)82-56-34-22-48(23-35-56)62(70)80-46-12-10-8-6-5-7-9-11-13-47-81-63(71)49-24-36-57(37-25-49)83-67(75)53-28-40-59(41-29-53)85-65(73)51-20-32-55(33-21-51)77-43-15-17-45-79-61(69)4-2;1-4-32(36)42-22-8-6-20-40-28-14-10-26(11-15-28)34(38)44-30-18-19-31(25(3)24-30)45-35(39)27-12-16-29(17-13-27)41-21-7-9-23-43-33(37)5-2/h3-4,18-41H,1-2,5-17,42-47H2;4-5,10-19,24H,1-2,6-9,20-23H2,3H3. The maximum atomic E-state index is 12.8. The van der Waals surface area contributed by atoms with E-state index < -0.39 is 71.6 Å². The van der Waals surface area contributed by atoms with Gasteiger partial charge in [-0.3, -0.25) is 0 Å². The Morgan fingerprint density at radius 3 is 0.608 bits per heavy atom. The van der Waals surface area contributed by atoms with Gasteiger partial charge in [0.2, 0.25) is 0 Å². The van der Waals surface area contributed by atoms with Gasteiger partial charge in [-0.2, -0.15) is 0 Å². The number of rotatable bonds is 54. The summed E-state index contributed by atoms with van der Waals surface area (Å²) < 4.78 is 86.1. The van der Waals surface area contributed by atoms with Gasteiger partial charge < -0.3 is 75.8 Å². The van der Waals surface area contributed by atoms with Crippen molar-refractivity contribution in [3.05, 3.63) is 313 Å². The van der Waals surface area contributed by atoms with Crippen LogP contribution in [0.3, 0.4) is 0 Å². The Morgan fingerprint density at radius 1 is 0.200 bits per heavy atom. The first-order chi connectivity index (χ1) is 63.1. The maximum Gasteiger partial charge on any atom is 0.343 e. The third kappa shape index (κ3) is 37.5. The highest BCUT2D eigenvalue weighted by molar-refractivity contribution is 5.96. The Hall–Kier alpha value is -15.2. The highest BCUT2D eigenvalue weighted by Gasteiger charge is 2.20. The molecular formula is C102H104O28. The molecule has 0 N–H and O–H groups in total. The molecule has 0 heterocycles. The molecule has 9 aromatic rings. The van der Waals surface area contributed by atoms with Gasteiger partial charge >= 0.3 is 71.6 Å². The van der Waals surface area contributed by atoms with Gasteiger partial charge in [0.05, 0.1) is 111 Å². The van der Waals surface area contributed by atoms with Crippen LogP contribution in [0.1, 0.15) is 198 Å². The van der Waals surface area contributed by atoms with Crippen molar-refractivity contribution in [2.75, 3.05) is 66.1 Å². The second-order valence-corrected chi connectivity index (χ2v) is 28.6. The van der Waals surface area contributed by atoms with E-state index in [-0.39, 0.29) is 60.6 Å².